The van der Waals surface area contributed by atoms with Crippen LogP contribution in [-0.2, 0) is 26.5 Å². The molecule has 0 atom stereocenters. The van der Waals surface area contributed by atoms with Crippen LogP contribution < -0.4 is 14.4 Å². The maximum Gasteiger partial charge on any atom is 0.249 e. The van der Waals surface area contributed by atoms with Gasteiger partial charge in [0.25, 0.3) is 0 Å². The Morgan fingerprint density at radius 1 is 0.868 bits per heavy atom. The first kappa shape index (κ1) is 27.9. The van der Waals surface area contributed by atoms with Crippen LogP contribution in [0, 0.1) is 17.5 Å². The highest BCUT2D eigenvalue weighted by atomic mass is 32.2. The number of hydrogen-bond acceptors (Lipinski definition) is 6. The fraction of sp³-hybridized carbons (Fsp3) is 0.280. The normalized spacial score (nSPS) is 15.0. The summed E-state index contributed by atoms with van der Waals surface area (Å²) in [5.41, 5.74) is 1.20. The van der Waals surface area contributed by atoms with E-state index < -0.39 is 36.6 Å². The van der Waals surface area contributed by atoms with Crippen LogP contribution in [0.1, 0.15) is 5.56 Å². The van der Waals surface area contributed by atoms with Gasteiger partial charge in [0.2, 0.25) is 20.0 Å². The summed E-state index contributed by atoms with van der Waals surface area (Å²) in [7, 11) is -6.89. The van der Waals surface area contributed by atoms with Gasteiger partial charge in [-0.25, -0.2) is 34.7 Å². The van der Waals surface area contributed by atoms with Crippen LogP contribution in [0.3, 0.4) is 0 Å². The van der Waals surface area contributed by atoms with Crippen LogP contribution in [-0.4, -0.2) is 61.0 Å². The molecule has 1 aliphatic rings. The van der Waals surface area contributed by atoms with E-state index in [1.165, 1.54) is 37.4 Å². The third-order valence-corrected chi connectivity index (χ3v) is 9.59. The Kier molecular flexibility index (Phi) is 8.31. The van der Waals surface area contributed by atoms with E-state index in [4.69, 9.17) is 4.74 Å². The Bertz CT molecular complexity index is 1490. The van der Waals surface area contributed by atoms with Crippen molar-refractivity contribution in [3.8, 4) is 5.75 Å². The van der Waals surface area contributed by atoms with Gasteiger partial charge in [-0.3, -0.25) is 0 Å². The summed E-state index contributed by atoms with van der Waals surface area (Å²) in [5, 5.41) is 0. The predicted molar refractivity (Wildman–Crippen MR) is 136 cm³/mol. The molecule has 1 heterocycles. The molecule has 8 nitrogen and oxygen atoms in total. The summed E-state index contributed by atoms with van der Waals surface area (Å²) in [4.78, 5) is 0.738. The van der Waals surface area contributed by atoms with Crippen molar-refractivity contribution in [3.05, 3.63) is 83.7 Å². The fourth-order valence-corrected chi connectivity index (χ4v) is 6.76. The van der Waals surface area contributed by atoms with Crippen LogP contribution in [0.25, 0.3) is 0 Å². The van der Waals surface area contributed by atoms with Crippen LogP contribution in [0.15, 0.2) is 70.5 Å². The lowest BCUT2D eigenvalue weighted by Gasteiger charge is -2.36. The van der Waals surface area contributed by atoms with Gasteiger partial charge in [-0.15, -0.1) is 0 Å². The Hall–Kier alpha value is -3.13. The van der Waals surface area contributed by atoms with Crippen molar-refractivity contribution in [2.45, 2.75) is 16.2 Å². The molecule has 0 spiro atoms. The average molecular weight is 570 g/mol. The molecule has 3 aromatic carbocycles. The molecule has 13 heteroatoms. The number of sulfonamides is 2. The summed E-state index contributed by atoms with van der Waals surface area (Å²) < 4.78 is 102. The van der Waals surface area contributed by atoms with E-state index in [-0.39, 0.29) is 43.4 Å². The Labute approximate surface area is 219 Å². The van der Waals surface area contributed by atoms with Gasteiger partial charge >= 0.3 is 0 Å². The number of anilines is 1. The van der Waals surface area contributed by atoms with E-state index in [1.54, 1.807) is 17.0 Å². The van der Waals surface area contributed by atoms with Gasteiger partial charge in [-0.2, -0.15) is 4.31 Å². The van der Waals surface area contributed by atoms with E-state index in [0.717, 1.165) is 28.1 Å². The Balaban J connectivity index is 1.47. The SMILES string of the molecule is COc1ccc(S(=O)(=O)NCCc2ccc(F)cc2)cc1N1CCN(S(=O)(=O)c2c(F)cccc2F)CC1. The topological polar surface area (TPSA) is 96.0 Å². The minimum absolute atomic E-state index is 0.0177. The van der Waals surface area contributed by atoms with Gasteiger partial charge < -0.3 is 9.64 Å². The van der Waals surface area contributed by atoms with Gasteiger partial charge in [-0.1, -0.05) is 18.2 Å². The van der Waals surface area contributed by atoms with Crippen molar-refractivity contribution in [2.75, 3.05) is 44.7 Å². The molecule has 0 bridgehead atoms. The van der Waals surface area contributed by atoms with E-state index in [0.29, 0.717) is 17.9 Å². The molecule has 0 saturated carbocycles. The molecule has 4 rings (SSSR count). The molecule has 0 amide bonds. The molecule has 0 aliphatic carbocycles. The summed E-state index contributed by atoms with van der Waals surface area (Å²) in [6.07, 6.45) is 0.363. The van der Waals surface area contributed by atoms with E-state index in [9.17, 15) is 30.0 Å². The van der Waals surface area contributed by atoms with Gasteiger partial charge in [0.05, 0.1) is 17.7 Å². The van der Waals surface area contributed by atoms with Crippen molar-refractivity contribution >= 4 is 25.7 Å². The molecule has 0 unspecified atom stereocenters. The highest BCUT2D eigenvalue weighted by Crippen LogP contribution is 2.33. The zero-order chi connectivity index (χ0) is 27.5. The minimum Gasteiger partial charge on any atom is -0.495 e. The number of halogens is 3. The first-order chi connectivity index (χ1) is 18.0. The van der Waals surface area contributed by atoms with Gasteiger partial charge in [0.1, 0.15) is 23.2 Å². The number of nitrogens with zero attached hydrogens (tertiary/aromatic N) is 2. The standard InChI is InChI=1S/C25H26F3N3O5S2/c1-36-24-10-9-20(37(32,33)29-12-11-18-5-7-19(26)8-6-18)17-23(24)30-13-15-31(16-14-30)38(34,35)25-21(27)3-2-4-22(25)28/h2-10,17,29H,11-16H2,1H3. The fourth-order valence-electron chi connectivity index (χ4n) is 4.18. The van der Waals surface area contributed by atoms with Gasteiger partial charge in [0, 0.05) is 32.7 Å². The van der Waals surface area contributed by atoms with Crippen molar-refractivity contribution in [2.24, 2.45) is 0 Å². The second-order valence-corrected chi connectivity index (χ2v) is 12.2. The zero-order valence-corrected chi connectivity index (χ0v) is 22.0. The van der Waals surface area contributed by atoms with Crippen LogP contribution in [0.2, 0.25) is 0 Å². The van der Waals surface area contributed by atoms with E-state index >= 15 is 0 Å². The molecule has 3 aromatic rings. The van der Waals surface area contributed by atoms with Crippen LogP contribution in [0.5, 0.6) is 5.75 Å². The first-order valence-corrected chi connectivity index (χ1v) is 14.6. The van der Waals surface area contributed by atoms with Crippen molar-refractivity contribution < 1.29 is 34.7 Å². The summed E-state index contributed by atoms with van der Waals surface area (Å²) in [5.74, 6) is -2.33. The maximum absolute atomic E-state index is 14.1. The van der Waals surface area contributed by atoms with Crippen LogP contribution >= 0.6 is 0 Å². The molecular weight excluding hydrogens is 543 g/mol. The maximum atomic E-state index is 14.1. The summed E-state index contributed by atoms with van der Waals surface area (Å²) >= 11 is 0. The lowest BCUT2D eigenvalue weighted by atomic mass is 10.1. The number of benzene rings is 3. The molecule has 0 radical (unpaired) electrons. The third kappa shape index (κ3) is 5.96. The second kappa shape index (κ2) is 11.3. The average Bonchev–Trinajstić information content (AvgIpc) is 2.89. The largest absolute Gasteiger partial charge is 0.495 e. The molecular formula is C25H26F3N3O5S2. The Morgan fingerprint density at radius 3 is 2.11 bits per heavy atom. The second-order valence-electron chi connectivity index (χ2n) is 8.55. The molecule has 0 aromatic heterocycles. The number of hydrogen-bond donors (Lipinski definition) is 1. The molecule has 38 heavy (non-hydrogen) atoms. The molecule has 204 valence electrons. The number of methoxy groups -OCH3 is 1. The lowest BCUT2D eigenvalue weighted by Crippen LogP contribution is -2.49. The monoisotopic (exact) mass is 569 g/mol. The third-order valence-electron chi connectivity index (χ3n) is 6.18. The first-order valence-electron chi connectivity index (χ1n) is 11.6. The minimum atomic E-state index is -4.41. The molecule has 1 N–H and O–H groups in total. The van der Waals surface area contributed by atoms with E-state index in [1.807, 2.05) is 0 Å². The number of piperazine rings is 1. The van der Waals surface area contributed by atoms with Crippen LogP contribution in [0.4, 0.5) is 18.9 Å². The van der Waals surface area contributed by atoms with E-state index in [2.05, 4.69) is 4.72 Å². The Morgan fingerprint density at radius 2 is 1.50 bits per heavy atom. The molecule has 1 saturated heterocycles. The smallest absolute Gasteiger partial charge is 0.249 e. The molecule has 1 fully saturated rings. The highest BCUT2D eigenvalue weighted by molar-refractivity contribution is 7.89. The van der Waals surface area contributed by atoms with Gasteiger partial charge in [0.15, 0.2) is 4.90 Å². The number of ether oxygens (including phenoxy) is 1. The van der Waals surface area contributed by atoms with Gasteiger partial charge in [-0.05, 0) is 54.4 Å². The molecule has 1 aliphatic heterocycles. The number of rotatable bonds is 9. The van der Waals surface area contributed by atoms with Crippen molar-refractivity contribution in [1.29, 1.82) is 0 Å². The summed E-state index contributed by atoms with van der Waals surface area (Å²) in [6, 6.07) is 12.9. The number of nitrogens with one attached hydrogen (secondary N) is 1. The zero-order valence-electron chi connectivity index (χ0n) is 20.4. The quantitative estimate of drug-likeness (QED) is 0.426. The van der Waals surface area contributed by atoms with Crippen molar-refractivity contribution in [1.82, 2.24) is 9.03 Å². The highest BCUT2D eigenvalue weighted by Gasteiger charge is 2.34. The summed E-state index contributed by atoms with van der Waals surface area (Å²) in [6.45, 7) is 0.205. The van der Waals surface area contributed by atoms with Crippen molar-refractivity contribution in [3.63, 3.8) is 0 Å². The predicted octanol–water partition coefficient (Wildman–Crippen LogP) is 3.14. The lowest BCUT2D eigenvalue weighted by molar-refractivity contribution is 0.373.